The Bertz CT molecular complexity index is 523. The second-order valence-corrected chi connectivity index (χ2v) is 4.58. The normalized spacial score (nSPS) is 12.4. The summed E-state index contributed by atoms with van der Waals surface area (Å²) in [6.07, 6.45) is 0. The quantitative estimate of drug-likeness (QED) is 0.597. The summed E-state index contributed by atoms with van der Waals surface area (Å²) in [5, 5.41) is 10.4. The maximum atomic E-state index is 12.2. The number of nitrogens with zero attached hydrogens (tertiary/aromatic N) is 1. The molecule has 0 aliphatic rings. The van der Waals surface area contributed by atoms with Gasteiger partial charge in [0, 0.05) is 6.07 Å². The van der Waals surface area contributed by atoms with Crippen LogP contribution in [0.1, 0.15) is 0 Å². The average molecular weight is 255 g/mol. The number of hydrogen-bond donors (Lipinski definition) is 0. The molecule has 0 aliphatic carbocycles. The molecular weight excluding hydrogens is 251 g/mol. The molecule has 0 unspecified atom stereocenters. The minimum atomic E-state index is -5.69. The monoisotopic (exact) mass is 255 g/mol. The van der Waals surface area contributed by atoms with E-state index < -0.39 is 30.9 Å². The fraction of sp³-hybridized carbons (Fsp3) is 0.143. The highest BCUT2D eigenvalue weighted by atomic mass is 32.2. The van der Waals surface area contributed by atoms with Gasteiger partial charge in [0.15, 0.2) is 4.90 Å². The summed E-state index contributed by atoms with van der Waals surface area (Å²) in [4.78, 5) is 7.83. The van der Waals surface area contributed by atoms with Crippen molar-refractivity contribution in [1.29, 1.82) is 0 Å². The first-order valence-corrected chi connectivity index (χ1v) is 5.21. The number of hydrogen-bond acceptors (Lipinski definition) is 4. The lowest BCUT2D eigenvalue weighted by Gasteiger charge is -2.07. The Hall–Kier alpha value is -1.64. The molecule has 0 heterocycles. The molecule has 0 spiro atoms. The van der Waals surface area contributed by atoms with Crippen molar-refractivity contribution >= 4 is 15.5 Å². The van der Waals surface area contributed by atoms with Crippen molar-refractivity contribution < 1.29 is 26.5 Å². The largest absolute Gasteiger partial charge is 0.502 e. The van der Waals surface area contributed by atoms with Gasteiger partial charge in [0.2, 0.25) is 0 Å². The molecule has 88 valence electrons. The van der Waals surface area contributed by atoms with Crippen molar-refractivity contribution in [3.05, 3.63) is 34.4 Å². The van der Waals surface area contributed by atoms with Crippen molar-refractivity contribution in [3.63, 3.8) is 0 Å². The van der Waals surface area contributed by atoms with Gasteiger partial charge in [-0.25, -0.2) is 8.42 Å². The lowest BCUT2D eigenvalue weighted by atomic mass is 10.3. The zero-order valence-electron chi connectivity index (χ0n) is 7.43. The third kappa shape index (κ3) is 1.98. The number of nitro benzene ring substituents is 1. The van der Waals surface area contributed by atoms with Crippen LogP contribution in [0.2, 0.25) is 0 Å². The second kappa shape index (κ2) is 3.74. The van der Waals surface area contributed by atoms with Gasteiger partial charge in [-0.2, -0.15) is 13.2 Å². The molecule has 16 heavy (non-hydrogen) atoms. The Morgan fingerprint density at radius 2 is 1.69 bits per heavy atom. The van der Waals surface area contributed by atoms with Gasteiger partial charge in [-0.3, -0.25) is 10.1 Å². The Labute approximate surface area is 87.6 Å². The van der Waals surface area contributed by atoms with E-state index in [0.717, 1.165) is 12.1 Å². The molecular formula is C7H4F3NO4S. The number of para-hydroxylation sites is 1. The molecule has 1 aromatic rings. The van der Waals surface area contributed by atoms with E-state index in [4.69, 9.17) is 0 Å². The topological polar surface area (TPSA) is 77.3 Å². The number of benzene rings is 1. The second-order valence-electron chi connectivity index (χ2n) is 2.67. The molecule has 0 aliphatic heterocycles. The molecule has 1 aromatic carbocycles. The third-order valence-corrected chi connectivity index (χ3v) is 3.19. The van der Waals surface area contributed by atoms with Crippen LogP contribution in [0.25, 0.3) is 0 Å². The maximum Gasteiger partial charge on any atom is 0.502 e. The summed E-state index contributed by atoms with van der Waals surface area (Å²) in [5.74, 6) is 0. The van der Waals surface area contributed by atoms with E-state index in [1.54, 1.807) is 0 Å². The molecule has 0 fully saturated rings. The number of nitro groups is 1. The molecule has 9 heteroatoms. The Kier molecular flexibility index (Phi) is 2.91. The van der Waals surface area contributed by atoms with Crippen molar-refractivity contribution in [1.82, 2.24) is 0 Å². The van der Waals surface area contributed by atoms with Crippen molar-refractivity contribution in [2.24, 2.45) is 0 Å². The molecule has 5 nitrogen and oxygen atoms in total. The first-order valence-electron chi connectivity index (χ1n) is 3.72. The molecule has 0 amide bonds. The van der Waals surface area contributed by atoms with Gasteiger partial charge in [0.25, 0.3) is 15.5 Å². The smallest absolute Gasteiger partial charge is 0.258 e. The Balaban J connectivity index is 3.52. The fourth-order valence-electron chi connectivity index (χ4n) is 0.960. The molecule has 0 saturated heterocycles. The Morgan fingerprint density at radius 1 is 1.19 bits per heavy atom. The van der Waals surface area contributed by atoms with Crippen LogP contribution in [0.5, 0.6) is 0 Å². The standard InChI is InChI=1S/C7H4F3NO4S/c8-7(9,10)16(14,15)6-4-2-1-3-5(6)11(12)13/h1-4H. The van der Waals surface area contributed by atoms with Crippen molar-refractivity contribution in [3.8, 4) is 0 Å². The molecule has 0 aromatic heterocycles. The van der Waals surface area contributed by atoms with Crippen LogP contribution in [0, 0.1) is 10.1 Å². The zero-order valence-corrected chi connectivity index (χ0v) is 8.25. The molecule has 0 bridgehead atoms. The summed E-state index contributed by atoms with van der Waals surface area (Å²) >= 11 is 0. The minimum absolute atomic E-state index is 0.543. The predicted octanol–water partition coefficient (Wildman–Crippen LogP) is 1.89. The zero-order chi connectivity index (χ0) is 12.6. The van der Waals surface area contributed by atoms with Gasteiger partial charge in [-0.05, 0) is 6.07 Å². The van der Waals surface area contributed by atoms with Crippen LogP contribution in [-0.4, -0.2) is 18.8 Å². The Morgan fingerprint density at radius 3 is 2.12 bits per heavy atom. The fourth-order valence-corrected chi connectivity index (χ4v) is 1.88. The lowest BCUT2D eigenvalue weighted by Crippen LogP contribution is -2.24. The highest BCUT2D eigenvalue weighted by Gasteiger charge is 2.49. The van der Waals surface area contributed by atoms with Crippen LogP contribution in [0.3, 0.4) is 0 Å². The molecule has 0 radical (unpaired) electrons. The van der Waals surface area contributed by atoms with Crippen molar-refractivity contribution in [2.75, 3.05) is 0 Å². The van der Waals surface area contributed by atoms with Gasteiger partial charge < -0.3 is 0 Å². The van der Waals surface area contributed by atoms with Gasteiger partial charge in [0.05, 0.1) is 4.92 Å². The first-order chi connectivity index (χ1) is 7.18. The van der Waals surface area contributed by atoms with Crippen LogP contribution in [0.4, 0.5) is 18.9 Å². The van der Waals surface area contributed by atoms with E-state index in [1.165, 1.54) is 0 Å². The number of alkyl halides is 3. The van der Waals surface area contributed by atoms with Crippen LogP contribution >= 0.6 is 0 Å². The van der Waals surface area contributed by atoms with Gasteiger partial charge in [-0.1, -0.05) is 12.1 Å². The summed E-state index contributed by atoms with van der Waals surface area (Å²) in [6, 6.07) is 3.29. The summed E-state index contributed by atoms with van der Waals surface area (Å²) in [7, 11) is -5.69. The first kappa shape index (κ1) is 12.4. The third-order valence-electron chi connectivity index (χ3n) is 1.66. The summed E-state index contributed by atoms with van der Waals surface area (Å²) in [6.45, 7) is 0. The van der Waals surface area contributed by atoms with E-state index in [9.17, 15) is 31.7 Å². The molecule has 1 rings (SSSR count). The lowest BCUT2D eigenvalue weighted by molar-refractivity contribution is -0.387. The molecule has 0 N–H and O–H groups in total. The van der Waals surface area contributed by atoms with E-state index in [0.29, 0.717) is 12.1 Å². The number of rotatable bonds is 2. The van der Waals surface area contributed by atoms with Crippen LogP contribution in [-0.2, 0) is 9.84 Å². The number of sulfone groups is 1. The van der Waals surface area contributed by atoms with E-state index >= 15 is 0 Å². The van der Waals surface area contributed by atoms with E-state index in [1.807, 2.05) is 0 Å². The van der Waals surface area contributed by atoms with E-state index in [2.05, 4.69) is 0 Å². The highest BCUT2D eigenvalue weighted by molar-refractivity contribution is 7.92. The minimum Gasteiger partial charge on any atom is -0.258 e. The SMILES string of the molecule is O=[N+]([O-])c1ccccc1S(=O)(=O)C(F)(F)F. The average Bonchev–Trinajstić information content (AvgIpc) is 2.16. The predicted molar refractivity (Wildman–Crippen MR) is 46.3 cm³/mol. The van der Waals surface area contributed by atoms with E-state index in [-0.39, 0.29) is 0 Å². The molecule has 0 atom stereocenters. The van der Waals surface area contributed by atoms with Crippen molar-refractivity contribution in [2.45, 2.75) is 10.4 Å². The van der Waals surface area contributed by atoms with Crippen LogP contribution < -0.4 is 0 Å². The summed E-state index contributed by atoms with van der Waals surface area (Å²) < 4.78 is 58.4. The van der Waals surface area contributed by atoms with Gasteiger partial charge in [0.1, 0.15) is 0 Å². The van der Waals surface area contributed by atoms with Gasteiger partial charge >= 0.3 is 5.51 Å². The summed E-state index contributed by atoms with van der Waals surface area (Å²) in [5.41, 5.74) is -6.65. The maximum absolute atomic E-state index is 12.2. The van der Waals surface area contributed by atoms with Gasteiger partial charge in [-0.15, -0.1) is 0 Å². The highest BCUT2D eigenvalue weighted by Crippen LogP contribution is 2.34. The van der Waals surface area contributed by atoms with Crippen LogP contribution in [0.15, 0.2) is 29.2 Å². The molecule has 0 saturated carbocycles. The number of halogens is 3.